The zero-order valence-electron chi connectivity index (χ0n) is 14.9. The summed E-state index contributed by atoms with van der Waals surface area (Å²) < 4.78 is 63.4. The van der Waals surface area contributed by atoms with E-state index in [1.165, 1.54) is 36.4 Å². The monoisotopic (exact) mass is 465 g/mol. The van der Waals surface area contributed by atoms with E-state index < -0.39 is 20.2 Å². The first-order valence-corrected chi connectivity index (χ1v) is 10.6. The third kappa shape index (κ3) is 7.91. The predicted molar refractivity (Wildman–Crippen MR) is 107 cm³/mol. The van der Waals surface area contributed by atoms with Crippen LogP contribution in [0, 0.1) is 0 Å². The van der Waals surface area contributed by atoms with E-state index in [2.05, 4.69) is 21.1 Å². The van der Waals surface area contributed by atoms with Crippen LogP contribution in [0.2, 0.25) is 0 Å². The van der Waals surface area contributed by atoms with Crippen LogP contribution in [0.3, 0.4) is 0 Å². The van der Waals surface area contributed by atoms with E-state index in [1.54, 1.807) is 12.1 Å². The number of hydrogen-bond donors (Lipinski definition) is 4. The number of rotatable bonds is 6. The van der Waals surface area contributed by atoms with Crippen molar-refractivity contribution < 1.29 is 55.5 Å². The van der Waals surface area contributed by atoms with E-state index in [0.717, 1.165) is 12.4 Å². The van der Waals surface area contributed by atoms with Gasteiger partial charge in [0.1, 0.15) is 9.79 Å². The summed E-state index contributed by atoms with van der Waals surface area (Å²) in [4.78, 5) is -0.640. The van der Waals surface area contributed by atoms with Crippen LogP contribution in [-0.2, 0) is 20.2 Å². The van der Waals surface area contributed by atoms with Gasteiger partial charge in [-0.25, -0.2) is 0 Å². The van der Waals surface area contributed by atoms with E-state index in [9.17, 15) is 16.8 Å². The summed E-state index contributed by atoms with van der Waals surface area (Å²) in [6.07, 6.45) is 2.27. The number of thiocarbonyl (C=S) groups is 1. The normalized spacial score (nSPS) is 11.9. The molecule has 148 valence electrons. The van der Waals surface area contributed by atoms with Gasteiger partial charge in [0.2, 0.25) is 5.11 Å². The molecule has 0 aliphatic heterocycles. The second-order valence-corrected chi connectivity index (χ2v) is 8.28. The molecule has 29 heavy (non-hydrogen) atoms. The Hall–Kier alpha value is -1.71. The molecule has 0 radical (unpaired) electrons. The van der Waals surface area contributed by atoms with Gasteiger partial charge in [-0.15, -0.1) is 0 Å². The average Bonchev–Trinajstić information content (AvgIpc) is 2.61. The van der Waals surface area contributed by atoms with Gasteiger partial charge in [-0.2, -0.15) is 27.0 Å². The van der Waals surface area contributed by atoms with E-state index in [1.807, 2.05) is 0 Å². The molecular formula is C15H14N4NaO6S3+. The predicted octanol–water partition coefficient (Wildman–Crippen LogP) is -1.98. The minimum Gasteiger partial charge on any atom is -0.282 e. The van der Waals surface area contributed by atoms with Gasteiger partial charge in [-0.1, -0.05) is 36.4 Å². The van der Waals surface area contributed by atoms with Gasteiger partial charge in [-0.3, -0.25) is 20.0 Å². The molecule has 2 rings (SSSR count). The molecule has 0 unspecified atom stereocenters. The molecule has 14 heteroatoms. The number of hydrazone groups is 2. The zero-order chi connectivity index (χ0) is 20.8. The van der Waals surface area contributed by atoms with E-state index >= 15 is 0 Å². The van der Waals surface area contributed by atoms with Gasteiger partial charge in [0.05, 0.1) is 12.4 Å². The molecule has 0 aliphatic carbocycles. The molecule has 0 saturated heterocycles. The quantitative estimate of drug-likeness (QED) is 0.125. The van der Waals surface area contributed by atoms with Crippen LogP contribution in [0.1, 0.15) is 11.1 Å². The minimum absolute atomic E-state index is 0. The summed E-state index contributed by atoms with van der Waals surface area (Å²) >= 11 is 4.91. The second-order valence-electron chi connectivity index (χ2n) is 5.09. The van der Waals surface area contributed by atoms with Crippen LogP contribution in [0.5, 0.6) is 0 Å². The van der Waals surface area contributed by atoms with Crippen LogP contribution in [0.4, 0.5) is 0 Å². The largest absolute Gasteiger partial charge is 1.00 e. The number of nitrogens with zero attached hydrogens (tertiary/aromatic N) is 2. The van der Waals surface area contributed by atoms with Crippen molar-refractivity contribution in [3.8, 4) is 0 Å². The van der Waals surface area contributed by atoms with E-state index in [0.29, 0.717) is 0 Å². The fourth-order valence-electron chi connectivity index (χ4n) is 1.99. The Kier molecular flexibility index (Phi) is 9.51. The number of hydrogen-bond acceptors (Lipinski definition) is 7. The first kappa shape index (κ1) is 25.3. The van der Waals surface area contributed by atoms with Crippen molar-refractivity contribution in [3.63, 3.8) is 0 Å². The van der Waals surface area contributed by atoms with Crippen molar-refractivity contribution in [3.05, 3.63) is 59.7 Å². The number of nitrogens with one attached hydrogen (secondary N) is 2. The van der Waals surface area contributed by atoms with Gasteiger partial charge in [0, 0.05) is 11.1 Å². The molecule has 0 fully saturated rings. The van der Waals surface area contributed by atoms with Crippen molar-refractivity contribution in [1.29, 1.82) is 0 Å². The summed E-state index contributed by atoms with van der Waals surface area (Å²) in [5, 5.41) is 7.39. The second kappa shape index (κ2) is 10.9. The van der Waals surface area contributed by atoms with Gasteiger partial charge in [0.15, 0.2) is 0 Å². The maximum atomic E-state index is 11.3. The fraction of sp³-hybridized carbons (Fsp3) is 0. The van der Waals surface area contributed by atoms with Crippen molar-refractivity contribution in [1.82, 2.24) is 10.9 Å². The molecule has 0 amide bonds. The van der Waals surface area contributed by atoms with Crippen LogP contribution >= 0.6 is 12.2 Å². The fourth-order valence-corrected chi connectivity index (χ4v) is 3.43. The molecule has 0 aliphatic rings. The topological polar surface area (TPSA) is 158 Å². The average molecular weight is 465 g/mol. The van der Waals surface area contributed by atoms with E-state index in [-0.39, 0.29) is 55.6 Å². The Balaban J connectivity index is 0.00000420. The summed E-state index contributed by atoms with van der Waals surface area (Å²) in [6.45, 7) is 0. The summed E-state index contributed by atoms with van der Waals surface area (Å²) in [5.74, 6) is 0. The first-order valence-electron chi connectivity index (χ1n) is 7.34. The standard InChI is InChI=1S/C15H14N4O6S3.Na/c20-27(21,22)13-7-3-1-5-11(13)9-16-18-15(26)19-17-10-12-6-2-4-8-14(12)28(23,24)25;/h1-10H,(H2,18,19,26)(H,20,21,22)(H,23,24,25);/q;+1. The van der Waals surface area contributed by atoms with Crippen molar-refractivity contribution >= 4 is 50.0 Å². The SMILES string of the molecule is O=S(=O)(O)c1ccccc1C=NNC(=S)NN=Cc1ccccc1S(=O)(=O)O.[Na+]. The third-order valence-electron chi connectivity index (χ3n) is 3.13. The van der Waals surface area contributed by atoms with Crippen molar-refractivity contribution in [2.75, 3.05) is 0 Å². The van der Waals surface area contributed by atoms with Crippen molar-refractivity contribution in [2.24, 2.45) is 10.2 Å². The van der Waals surface area contributed by atoms with Gasteiger partial charge >= 0.3 is 29.6 Å². The minimum atomic E-state index is -4.41. The van der Waals surface area contributed by atoms with Gasteiger partial charge in [-0.05, 0) is 24.4 Å². The molecule has 0 spiro atoms. The van der Waals surface area contributed by atoms with Gasteiger partial charge < -0.3 is 0 Å². The third-order valence-corrected chi connectivity index (χ3v) is 5.17. The maximum Gasteiger partial charge on any atom is 1.00 e. The Bertz CT molecular complexity index is 1060. The molecule has 4 N–H and O–H groups in total. The molecule has 0 aromatic heterocycles. The molecule has 2 aromatic carbocycles. The number of benzene rings is 2. The first-order chi connectivity index (χ1) is 13.1. The molecule has 0 heterocycles. The van der Waals surface area contributed by atoms with Crippen LogP contribution in [0.15, 0.2) is 68.5 Å². The van der Waals surface area contributed by atoms with Crippen LogP contribution in [-0.4, -0.2) is 43.5 Å². The summed E-state index contributed by atoms with van der Waals surface area (Å²) in [5.41, 5.74) is 5.01. The smallest absolute Gasteiger partial charge is 0.282 e. The Morgan fingerprint density at radius 2 is 1.14 bits per heavy atom. The van der Waals surface area contributed by atoms with Crippen molar-refractivity contribution in [2.45, 2.75) is 9.79 Å². The summed E-state index contributed by atoms with van der Waals surface area (Å²) in [6, 6.07) is 11.3. The molecule has 0 bridgehead atoms. The Morgan fingerprint density at radius 3 is 1.48 bits per heavy atom. The Labute approximate surface area is 194 Å². The molecule has 0 atom stereocenters. The molecular weight excluding hydrogens is 451 g/mol. The molecule has 2 aromatic rings. The molecule has 0 saturated carbocycles. The van der Waals surface area contributed by atoms with Crippen LogP contribution in [0.25, 0.3) is 0 Å². The zero-order valence-corrected chi connectivity index (χ0v) is 19.4. The molecule has 10 nitrogen and oxygen atoms in total. The maximum absolute atomic E-state index is 11.3. The van der Waals surface area contributed by atoms with Crippen LogP contribution < -0.4 is 40.4 Å². The summed E-state index contributed by atoms with van der Waals surface area (Å²) in [7, 11) is -8.81. The van der Waals surface area contributed by atoms with E-state index in [4.69, 9.17) is 21.3 Å². The van der Waals surface area contributed by atoms with Gasteiger partial charge in [0.25, 0.3) is 20.2 Å². The Morgan fingerprint density at radius 1 is 0.793 bits per heavy atom.